The summed E-state index contributed by atoms with van der Waals surface area (Å²) in [6.45, 7) is 9.25. The number of hydrogen-bond acceptors (Lipinski definition) is 10. The molecular weight excluding hydrogens is 561 g/mol. The molecule has 0 amide bonds. The first-order valence-electron chi connectivity index (χ1n) is 13.4. The Balaban J connectivity index is 1.21. The lowest BCUT2D eigenvalue weighted by Gasteiger charge is -2.47. The Bertz CT molecular complexity index is 1230. The van der Waals surface area contributed by atoms with Crippen LogP contribution in [0.5, 0.6) is 5.75 Å². The SMILES string of the molecule is CCC1=C(C(=O)OCCOc2cc(Cl)cc(Cl)c2)C(C)C(C(=O)OC2CN3CCOC4=C3N(CCO4)C2)=C(C)N1. The van der Waals surface area contributed by atoms with E-state index in [1.54, 1.807) is 18.2 Å². The van der Waals surface area contributed by atoms with E-state index in [0.29, 0.717) is 84.4 Å². The van der Waals surface area contributed by atoms with Gasteiger partial charge in [-0.15, -0.1) is 0 Å². The Labute approximate surface area is 243 Å². The maximum Gasteiger partial charge on any atom is 0.336 e. The Morgan fingerprint density at radius 3 is 2.27 bits per heavy atom. The van der Waals surface area contributed by atoms with Crippen LogP contribution in [0.4, 0.5) is 0 Å². The van der Waals surface area contributed by atoms with E-state index in [-0.39, 0.29) is 19.3 Å². The molecule has 1 aromatic rings. The summed E-state index contributed by atoms with van der Waals surface area (Å²) in [6.07, 6.45) is 0.227. The molecule has 0 aliphatic carbocycles. The van der Waals surface area contributed by atoms with E-state index in [0.717, 1.165) is 11.5 Å². The normalized spacial score (nSPS) is 20.9. The molecule has 1 unspecified atom stereocenters. The first-order chi connectivity index (χ1) is 19.2. The number of hydrogen-bond donors (Lipinski definition) is 1. The van der Waals surface area contributed by atoms with Gasteiger partial charge in [0.05, 0.1) is 37.3 Å². The van der Waals surface area contributed by atoms with Crippen LogP contribution in [0.2, 0.25) is 10.0 Å². The minimum atomic E-state index is -0.513. The van der Waals surface area contributed by atoms with E-state index in [4.69, 9.17) is 46.9 Å². The molecule has 4 aliphatic heterocycles. The predicted molar refractivity (Wildman–Crippen MR) is 147 cm³/mol. The minimum absolute atomic E-state index is 0.0116. The van der Waals surface area contributed by atoms with Crippen molar-refractivity contribution in [3.05, 3.63) is 62.6 Å². The molecule has 0 aromatic heterocycles. The van der Waals surface area contributed by atoms with Crippen LogP contribution in [0.1, 0.15) is 27.2 Å². The van der Waals surface area contributed by atoms with E-state index in [1.165, 1.54) is 0 Å². The molecule has 0 spiro atoms. The molecule has 0 radical (unpaired) electrons. The number of benzene rings is 1. The van der Waals surface area contributed by atoms with Crippen LogP contribution in [0.25, 0.3) is 0 Å². The zero-order chi connectivity index (χ0) is 28.4. The standard InChI is InChI=1S/C28H33Cl2N3O7/c1-4-22-24(26(34)37-10-9-36-20-12-18(29)11-19(30)13-20)16(2)23(17(3)31-22)27(35)40-21-14-32-5-7-38-28-25(32)33(15-21)6-8-39-28/h11-13,16,21,31H,4-10,14-15H2,1-3H3. The smallest absolute Gasteiger partial charge is 0.336 e. The van der Waals surface area contributed by atoms with E-state index in [2.05, 4.69) is 15.1 Å². The van der Waals surface area contributed by atoms with Crippen molar-refractivity contribution in [2.75, 3.05) is 52.6 Å². The van der Waals surface area contributed by atoms with Gasteiger partial charge in [0.1, 0.15) is 38.3 Å². The van der Waals surface area contributed by atoms with Gasteiger partial charge in [-0.25, -0.2) is 9.59 Å². The van der Waals surface area contributed by atoms with Gasteiger partial charge in [0.15, 0.2) is 5.82 Å². The fourth-order valence-corrected chi connectivity index (χ4v) is 6.02. The number of esters is 2. The highest BCUT2D eigenvalue weighted by molar-refractivity contribution is 6.34. The monoisotopic (exact) mass is 593 g/mol. The van der Waals surface area contributed by atoms with Crippen LogP contribution in [0.15, 0.2) is 52.5 Å². The largest absolute Gasteiger partial charge is 0.490 e. The number of nitrogens with one attached hydrogen (secondary N) is 1. The topological polar surface area (TPSA) is 98.8 Å². The lowest BCUT2D eigenvalue weighted by Crippen LogP contribution is -2.56. The van der Waals surface area contributed by atoms with Gasteiger partial charge in [-0.2, -0.15) is 0 Å². The Morgan fingerprint density at radius 1 is 1.00 bits per heavy atom. The molecule has 1 fully saturated rings. The summed E-state index contributed by atoms with van der Waals surface area (Å²) < 4.78 is 28.5. The van der Waals surface area contributed by atoms with Crippen molar-refractivity contribution in [3.8, 4) is 5.75 Å². The fraction of sp³-hybridized carbons (Fsp3) is 0.500. The van der Waals surface area contributed by atoms with Gasteiger partial charge < -0.3 is 38.8 Å². The van der Waals surface area contributed by atoms with Crippen molar-refractivity contribution >= 4 is 35.1 Å². The Morgan fingerprint density at radius 2 is 1.65 bits per heavy atom. The highest BCUT2D eigenvalue weighted by Crippen LogP contribution is 2.34. The summed E-state index contributed by atoms with van der Waals surface area (Å²) in [5.41, 5.74) is 2.21. The number of carbonyl (C=O) groups excluding carboxylic acids is 2. The Hall–Kier alpha value is -3.24. The first kappa shape index (κ1) is 28.3. The highest BCUT2D eigenvalue weighted by atomic mass is 35.5. The summed E-state index contributed by atoms with van der Waals surface area (Å²) in [4.78, 5) is 31.0. The van der Waals surface area contributed by atoms with Crippen molar-refractivity contribution in [1.29, 1.82) is 0 Å². The predicted octanol–water partition coefficient (Wildman–Crippen LogP) is 3.81. The quantitative estimate of drug-likeness (QED) is 0.354. The van der Waals surface area contributed by atoms with Crippen LogP contribution in [0.3, 0.4) is 0 Å². The number of allylic oxidation sites excluding steroid dienone is 2. The fourth-order valence-electron chi connectivity index (χ4n) is 5.52. The van der Waals surface area contributed by atoms with Crippen molar-refractivity contribution < 1.29 is 33.3 Å². The number of rotatable bonds is 8. The third-order valence-electron chi connectivity index (χ3n) is 7.24. The number of dihydropyridines is 1. The van der Waals surface area contributed by atoms with Gasteiger partial charge in [0.2, 0.25) is 0 Å². The maximum atomic E-state index is 13.5. The van der Waals surface area contributed by atoms with E-state index in [1.807, 2.05) is 20.8 Å². The van der Waals surface area contributed by atoms with Crippen LogP contribution in [-0.4, -0.2) is 80.4 Å². The van der Waals surface area contributed by atoms with Crippen LogP contribution in [0, 0.1) is 5.92 Å². The zero-order valence-electron chi connectivity index (χ0n) is 22.8. The van der Waals surface area contributed by atoms with Crippen LogP contribution in [-0.2, 0) is 28.5 Å². The average molecular weight is 594 g/mol. The molecule has 4 heterocycles. The second-order valence-corrected chi connectivity index (χ2v) is 10.8. The summed E-state index contributed by atoms with van der Waals surface area (Å²) in [5.74, 6) is 0.488. The third kappa shape index (κ3) is 5.93. The van der Waals surface area contributed by atoms with E-state index < -0.39 is 17.9 Å². The molecule has 0 saturated carbocycles. The molecule has 1 aromatic carbocycles. The van der Waals surface area contributed by atoms with Gasteiger partial charge in [0.25, 0.3) is 0 Å². The third-order valence-corrected chi connectivity index (χ3v) is 7.68. The molecule has 40 heavy (non-hydrogen) atoms. The summed E-state index contributed by atoms with van der Waals surface area (Å²) >= 11 is 12.0. The molecular formula is C28H33Cl2N3O7. The summed E-state index contributed by atoms with van der Waals surface area (Å²) in [5, 5.41) is 4.14. The summed E-state index contributed by atoms with van der Waals surface area (Å²) in [6, 6.07) is 4.87. The summed E-state index contributed by atoms with van der Waals surface area (Å²) in [7, 11) is 0. The molecule has 5 rings (SSSR count). The van der Waals surface area contributed by atoms with E-state index >= 15 is 0 Å². The van der Waals surface area contributed by atoms with Crippen molar-refractivity contribution in [1.82, 2.24) is 15.1 Å². The van der Waals surface area contributed by atoms with Gasteiger partial charge in [-0.05, 0) is 31.5 Å². The van der Waals surface area contributed by atoms with Gasteiger partial charge >= 0.3 is 17.9 Å². The van der Waals surface area contributed by atoms with Gasteiger partial charge in [-0.3, -0.25) is 0 Å². The van der Waals surface area contributed by atoms with Crippen LogP contribution >= 0.6 is 23.2 Å². The molecule has 10 nitrogen and oxygen atoms in total. The molecule has 4 aliphatic rings. The average Bonchev–Trinajstić information content (AvgIpc) is 2.90. The van der Waals surface area contributed by atoms with Crippen molar-refractivity contribution in [2.45, 2.75) is 33.3 Å². The van der Waals surface area contributed by atoms with Crippen molar-refractivity contribution in [2.24, 2.45) is 5.92 Å². The molecule has 1 N–H and O–H groups in total. The second kappa shape index (κ2) is 12.1. The number of carbonyl (C=O) groups is 2. The van der Waals surface area contributed by atoms with Crippen molar-refractivity contribution in [3.63, 3.8) is 0 Å². The van der Waals surface area contributed by atoms with Gasteiger partial charge in [0, 0.05) is 27.4 Å². The number of halogens is 2. The molecule has 12 heteroatoms. The Kier molecular flexibility index (Phi) is 8.56. The number of ether oxygens (including phenoxy) is 5. The highest BCUT2D eigenvalue weighted by Gasteiger charge is 2.41. The van der Waals surface area contributed by atoms with E-state index in [9.17, 15) is 9.59 Å². The minimum Gasteiger partial charge on any atom is -0.490 e. The molecule has 1 atom stereocenters. The lowest BCUT2D eigenvalue weighted by molar-refractivity contribution is -0.152. The zero-order valence-corrected chi connectivity index (χ0v) is 24.3. The second-order valence-electron chi connectivity index (χ2n) is 9.95. The first-order valence-corrected chi connectivity index (χ1v) is 14.2. The molecule has 1 saturated heterocycles. The number of nitrogens with zero attached hydrogens (tertiary/aromatic N) is 2. The molecule has 0 bridgehead atoms. The van der Waals surface area contributed by atoms with Crippen LogP contribution < -0.4 is 10.1 Å². The lowest BCUT2D eigenvalue weighted by atomic mass is 9.86. The maximum absolute atomic E-state index is 13.5. The van der Waals surface area contributed by atoms with Gasteiger partial charge in [-0.1, -0.05) is 37.0 Å². The molecule has 216 valence electrons.